The maximum absolute atomic E-state index is 14.6. The number of rotatable bonds is 9. The molecule has 2 aliphatic rings. The molecule has 0 unspecified atom stereocenters. The van der Waals surface area contributed by atoms with Crippen LogP contribution in [0.25, 0.3) is 5.41 Å². The van der Waals surface area contributed by atoms with Crippen LogP contribution < -0.4 is 15.8 Å². The molecule has 0 bridgehead atoms. The SMILES string of the molecule is CC(C)C(=[N-])NC(=O)N1CCC([C@H](C)CCOc2ccc(C[C@H](N)C(=O)N3CCC(F)(F)C3)c(F)c2)CC1. The van der Waals surface area contributed by atoms with Crippen molar-refractivity contribution in [1.29, 1.82) is 0 Å². The van der Waals surface area contributed by atoms with Crippen molar-refractivity contribution >= 4 is 17.8 Å². The van der Waals surface area contributed by atoms with Crippen molar-refractivity contribution in [3.05, 3.63) is 35.0 Å². The molecule has 2 aliphatic heterocycles. The second-order valence-corrected chi connectivity index (χ2v) is 10.8. The summed E-state index contributed by atoms with van der Waals surface area (Å²) in [6, 6.07) is 3.00. The first kappa shape index (κ1) is 29.7. The summed E-state index contributed by atoms with van der Waals surface area (Å²) in [5.41, 5.74) is 6.12. The number of amidine groups is 1. The van der Waals surface area contributed by atoms with Crippen LogP contribution in [-0.4, -0.2) is 72.3 Å². The van der Waals surface area contributed by atoms with E-state index in [1.54, 1.807) is 24.8 Å². The lowest BCUT2D eigenvalue weighted by molar-refractivity contribution is -0.133. The van der Waals surface area contributed by atoms with Gasteiger partial charge in [-0.3, -0.25) is 9.59 Å². The lowest BCUT2D eigenvalue weighted by Crippen LogP contribution is -2.47. The Hall–Kier alpha value is -2.82. The summed E-state index contributed by atoms with van der Waals surface area (Å²) in [4.78, 5) is 27.4. The molecule has 2 saturated heterocycles. The molecule has 3 rings (SSSR count). The summed E-state index contributed by atoms with van der Waals surface area (Å²) >= 11 is 0. The smallest absolute Gasteiger partial charge is 0.267 e. The molecule has 3 amide bonds. The molecule has 0 aliphatic carbocycles. The van der Waals surface area contributed by atoms with Gasteiger partial charge in [0.05, 0.1) is 19.2 Å². The number of ether oxygens (including phenoxy) is 1. The number of alkyl halides is 2. The largest absolute Gasteiger partial charge is 0.493 e. The van der Waals surface area contributed by atoms with Crippen LogP contribution in [-0.2, 0) is 11.2 Å². The average Bonchev–Trinajstić information content (AvgIpc) is 3.24. The van der Waals surface area contributed by atoms with E-state index in [1.807, 2.05) is 0 Å². The summed E-state index contributed by atoms with van der Waals surface area (Å²) < 4.78 is 47.2. The second-order valence-electron chi connectivity index (χ2n) is 10.8. The molecule has 11 heteroatoms. The third-order valence-corrected chi connectivity index (χ3v) is 7.52. The highest BCUT2D eigenvalue weighted by molar-refractivity contribution is 6.00. The number of nitrogens with two attached hydrogens (primary N) is 1. The highest BCUT2D eigenvalue weighted by atomic mass is 19.3. The molecular formula is C27H39F3N5O3-. The van der Waals surface area contributed by atoms with Gasteiger partial charge < -0.3 is 31.0 Å². The maximum atomic E-state index is 14.6. The molecule has 1 aromatic rings. The number of hydrogen-bond acceptors (Lipinski definition) is 4. The Balaban J connectivity index is 1.40. The van der Waals surface area contributed by atoms with E-state index in [0.29, 0.717) is 37.3 Å². The highest BCUT2D eigenvalue weighted by Crippen LogP contribution is 2.29. The number of likely N-dealkylation sites (tertiary alicyclic amines) is 2. The topological polar surface area (TPSA) is 110 Å². The molecule has 38 heavy (non-hydrogen) atoms. The van der Waals surface area contributed by atoms with E-state index >= 15 is 0 Å². The molecule has 0 saturated carbocycles. The van der Waals surface area contributed by atoms with Gasteiger partial charge >= 0.3 is 0 Å². The third-order valence-electron chi connectivity index (χ3n) is 7.52. The minimum absolute atomic E-state index is 0.0297. The number of halogens is 3. The van der Waals surface area contributed by atoms with Gasteiger partial charge in [0.25, 0.3) is 5.92 Å². The number of urea groups is 1. The Bertz CT molecular complexity index is 998. The average molecular weight is 539 g/mol. The van der Waals surface area contributed by atoms with Crippen molar-refractivity contribution < 1.29 is 27.5 Å². The first-order valence-electron chi connectivity index (χ1n) is 13.3. The van der Waals surface area contributed by atoms with Gasteiger partial charge in [-0.15, -0.1) is 0 Å². The summed E-state index contributed by atoms with van der Waals surface area (Å²) in [7, 11) is 0. The zero-order chi connectivity index (χ0) is 28.0. The van der Waals surface area contributed by atoms with Crippen LogP contribution in [0.3, 0.4) is 0 Å². The first-order valence-corrected chi connectivity index (χ1v) is 13.3. The third kappa shape index (κ3) is 8.09. The normalized spacial score (nSPS) is 19.4. The van der Waals surface area contributed by atoms with E-state index in [2.05, 4.69) is 12.2 Å². The van der Waals surface area contributed by atoms with Crippen molar-refractivity contribution in [1.82, 2.24) is 15.1 Å². The van der Waals surface area contributed by atoms with Gasteiger partial charge in [-0.05, 0) is 55.1 Å². The number of benzene rings is 1. The monoisotopic (exact) mass is 538 g/mol. The van der Waals surface area contributed by atoms with Crippen molar-refractivity contribution in [3.8, 4) is 5.75 Å². The maximum Gasteiger partial charge on any atom is 0.267 e. The Morgan fingerprint density at radius 2 is 1.87 bits per heavy atom. The first-order chi connectivity index (χ1) is 17.9. The molecule has 212 valence electrons. The predicted molar refractivity (Wildman–Crippen MR) is 140 cm³/mol. The number of carbonyl (C=O) groups is 2. The number of hydrogen-bond donors (Lipinski definition) is 2. The van der Waals surface area contributed by atoms with Gasteiger partial charge in [0.2, 0.25) is 11.9 Å². The van der Waals surface area contributed by atoms with Crippen molar-refractivity contribution in [2.24, 2.45) is 23.5 Å². The predicted octanol–water partition coefficient (Wildman–Crippen LogP) is 4.01. The van der Waals surface area contributed by atoms with E-state index in [4.69, 9.17) is 10.5 Å². The molecule has 0 spiro atoms. The van der Waals surface area contributed by atoms with Gasteiger partial charge in [0.15, 0.2) is 0 Å². The number of piperidine rings is 1. The standard InChI is InChI=1S/C27H39F3N5O3/c1-17(2)24(32)33-26(37)34-10-6-19(7-11-34)18(3)8-13-38-21-5-4-20(22(28)15-21)14-23(31)25(36)35-12-9-27(29,30)16-35/h4-5,15,17-19,23H,6-14,16,31H2,1-3H3,(H-,32,33,37)/q-1/t18-,23+/m1/s1. The number of nitrogens with one attached hydrogen (secondary N) is 1. The van der Waals surface area contributed by atoms with E-state index in [-0.39, 0.29) is 42.7 Å². The van der Waals surface area contributed by atoms with Crippen molar-refractivity contribution in [2.45, 2.75) is 64.8 Å². The molecule has 2 atom stereocenters. The Morgan fingerprint density at radius 1 is 1.18 bits per heavy atom. The number of amides is 3. The fourth-order valence-electron chi connectivity index (χ4n) is 4.87. The van der Waals surface area contributed by atoms with Crippen LogP contribution in [0.5, 0.6) is 5.75 Å². The summed E-state index contributed by atoms with van der Waals surface area (Å²) in [5, 5.41) is 12.3. The number of carbonyl (C=O) groups excluding carboxylic acids is 2. The van der Waals surface area contributed by atoms with Gasteiger partial charge in [0, 0.05) is 32.1 Å². The van der Waals surface area contributed by atoms with E-state index in [9.17, 15) is 28.2 Å². The zero-order valence-corrected chi connectivity index (χ0v) is 22.4. The molecular weight excluding hydrogens is 499 g/mol. The van der Waals surface area contributed by atoms with Crippen LogP contribution in [0.4, 0.5) is 18.0 Å². The highest BCUT2D eigenvalue weighted by Gasteiger charge is 2.41. The Morgan fingerprint density at radius 3 is 2.45 bits per heavy atom. The summed E-state index contributed by atoms with van der Waals surface area (Å²) in [6.45, 7) is 6.67. The van der Waals surface area contributed by atoms with Crippen LogP contribution in [0.15, 0.2) is 18.2 Å². The molecule has 1 aromatic carbocycles. The molecule has 3 N–H and O–H groups in total. The van der Waals surface area contributed by atoms with Gasteiger partial charge in [-0.25, -0.2) is 13.2 Å². The quantitative estimate of drug-likeness (QED) is 0.366. The van der Waals surface area contributed by atoms with Gasteiger partial charge in [-0.1, -0.05) is 32.7 Å². The molecule has 0 radical (unpaired) electrons. The van der Waals surface area contributed by atoms with Crippen molar-refractivity contribution in [2.75, 3.05) is 32.8 Å². The molecule has 0 aromatic heterocycles. The lowest BCUT2D eigenvalue weighted by atomic mass is 9.84. The molecule has 2 fully saturated rings. The summed E-state index contributed by atoms with van der Waals surface area (Å²) in [6.07, 6.45) is 2.00. The molecule has 2 heterocycles. The fraction of sp³-hybridized carbons (Fsp3) is 0.667. The summed E-state index contributed by atoms with van der Waals surface area (Å²) in [5.74, 6) is -3.08. The van der Waals surface area contributed by atoms with E-state index in [0.717, 1.165) is 24.2 Å². The van der Waals surface area contributed by atoms with Gasteiger partial charge in [-0.2, -0.15) is 0 Å². The van der Waals surface area contributed by atoms with Crippen LogP contribution in [0.1, 0.15) is 52.0 Å². The lowest BCUT2D eigenvalue weighted by Gasteiger charge is -2.37. The van der Waals surface area contributed by atoms with Crippen LogP contribution in [0.2, 0.25) is 0 Å². The van der Waals surface area contributed by atoms with Crippen LogP contribution in [0, 0.1) is 23.6 Å². The van der Waals surface area contributed by atoms with Crippen LogP contribution >= 0.6 is 0 Å². The minimum atomic E-state index is -2.90. The number of nitrogens with zero attached hydrogens (tertiary/aromatic N) is 3. The second kappa shape index (κ2) is 12.8. The van der Waals surface area contributed by atoms with Gasteiger partial charge in [0.1, 0.15) is 11.6 Å². The van der Waals surface area contributed by atoms with E-state index in [1.165, 1.54) is 12.1 Å². The Kier molecular flexibility index (Phi) is 10.0. The minimum Gasteiger partial charge on any atom is -0.493 e. The van der Waals surface area contributed by atoms with Crippen molar-refractivity contribution in [3.63, 3.8) is 0 Å². The zero-order valence-electron chi connectivity index (χ0n) is 22.4. The Labute approximate surface area is 222 Å². The van der Waals surface area contributed by atoms with E-state index < -0.39 is 30.2 Å². The molecule has 8 nitrogen and oxygen atoms in total. The fourth-order valence-corrected chi connectivity index (χ4v) is 4.87.